The monoisotopic (exact) mass is 403 g/mol. The molecule has 6 nitrogen and oxygen atoms in total. The quantitative estimate of drug-likeness (QED) is 0.814. The number of carbonyl (C=O) groups is 1. The van der Waals surface area contributed by atoms with Gasteiger partial charge in [-0.25, -0.2) is 12.8 Å². The summed E-state index contributed by atoms with van der Waals surface area (Å²) in [4.78, 5) is 12.1. The average Bonchev–Trinajstić information content (AvgIpc) is 2.97. The fourth-order valence-corrected chi connectivity index (χ4v) is 5.43. The van der Waals surface area contributed by atoms with Crippen LogP contribution in [0.25, 0.3) is 0 Å². The van der Waals surface area contributed by atoms with Gasteiger partial charge in [-0.2, -0.15) is 4.31 Å². The number of halogens is 1. The van der Waals surface area contributed by atoms with Gasteiger partial charge in [-0.1, -0.05) is 42.5 Å². The predicted octanol–water partition coefficient (Wildman–Crippen LogP) is 1.64. The lowest BCUT2D eigenvalue weighted by Gasteiger charge is -2.38. The van der Waals surface area contributed by atoms with E-state index < -0.39 is 21.5 Å². The average molecular weight is 403 g/mol. The molecule has 0 aromatic heterocycles. The van der Waals surface area contributed by atoms with Crippen molar-refractivity contribution in [3.63, 3.8) is 0 Å². The Bertz CT molecular complexity index is 973. The molecule has 1 amide bonds. The number of hydrogen-bond acceptors (Lipinski definition) is 4. The van der Waals surface area contributed by atoms with Crippen molar-refractivity contribution in [1.29, 1.82) is 0 Å². The Morgan fingerprint density at radius 3 is 2.36 bits per heavy atom. The minimum atomic E-state index is -3.90. The second-order valence-electron chi connectivity index (χ2n) is 7.29. The van der Waals surface area contributed by atoms with E-state index in [-0.39, 0.29) is 29.9 Å². The molecule has 0 radical (unpaired) electrons. The third-order valence-electron chi connectivity index (χ3n) is 5.44. The van der Waals surface area contributed by atoms with E-state index in [4.69, 9.17) is 0 Å². The zero-order valence-electron chi connectivity index (χ0n) is 15.3. The normalized spacial score (nSPS) is 22.3. The molecule has 2 aromatic carbocycles. The molecule has 2 aromatic rings. The second kappa shape index (κ2) is 7.27. The van der Waals surface area contributed by atoms with Crippen LogP contribution in [0.2, 0.25) is 0 Å². The first-order valence-electron chi connectivity index (χ1n) is 9.28. The molecule has 2 N–H and O–H groups in total. The minimum Gasteiger partial charge on any atom is -0.337 e. The van der Waals surface area contributed by atoms with Crippen LogP contribution in [0.5, 0.6) is 0 Å². The summed E-state index contributed by atoms with van der Waals surface area (Å²) in [5.74, 6) is -0.827. The Morgan fingerprint density at radius 1 is 1.04 bits per heavy atom. The minimum absolute atomic E-state index is 0.0748. The molecule has 2 heterocycles. The topological polar surface area (TPSA) is 78.5 Å². The summed E-state index contributed by atoms with van der Waals surface area (Å²) in [6.07, 6.45) is 1.43. The zero-order valence-corrected chi connectivity index (χ0v) is 16.1. The summed E-state index contributed by atoms with van der Waals surface area (Å²) < 4.78 is 40.8. The van der Waals surface area contributed by atoms with Crippen molar-refractivity contribution in [2.75, 3.05) is 13.1 Å². The molecule has 0 saturated carbocycles. The molecular weight excluding hydrogens is 381 g/mol. The Labute approximate surface area is 163 Å². The molecule has 2 aliphatic heterocycles. The molecule has 2 saturated heterocycles. The van der Waals surface area contributed by atoms with Crippen molar-refractivity contribution in [2.45, 2.75) is 35.9 Å². The smallest absolute Gasteiger partial charge is 0.245 e. The molecule has 28 heavy (non-hydrogen) atoms. The highest BCUT2D eigenvalue weighted by atomic mass is 32.2. The summed E-state index contributed by atoms with van der Waals surface area (Å²) in [5.41, 5.74) is 0.449. The van der Waals surface area contributed by atoms with E-state index in [1.807, 2.05) is 30.3 Å². The highest BCUT2D eigenvalue weighted by molar-refractivity contribution is 7.89. The molecule has 2 fully saturated rings. The van der Waals surface area contributed by atoms with Crippen LogP contribution in [0.15, 0.2) is 59.5 Å². The largest absolute Gasteiger partial charge is 0.337 e. The van der Waals surface area contributed by atoms with Gasteiger partial charge in [-0.05, 0) is 37.0 Å². The molecule has 1 unspecified atom stereocenters. The van der Waals surface area contributed by atoms with Crippen LogP contribution in [0, 0.1) is 5.82 Å². The van der Waals surface area contributed by atoms with Crippen LogP contribution in [0.1, 0.15) is 18.4 Å². The highest BCUT2D eigenvalue weighted by Crippen LogP contribution is 2.29. The molecule has 2 aliphatic rings. The predicted molar refractivity (Wildman–Crippen MR) is 102 cm³/mol. The Balaban J connectivity index is 1.44. The van der Waals surface area contributed by atoms with Crippen LogP contribution >= 0.6 is 0 Å². The maximum Gasteiger partial charge on any atom is 0.245 e. The van der Waals surface area contributed by atoms with E-state index >= 15 is 0 Å². The van der Waals surface area contributed by atoms with Crippen LogP contribution in [0.3, 0.4) is 0 Å². The number of hydrogen-bond donors (Lipinski definition) is 2. The first-order valence-corrected chi connectivity index (χ1v) is 10.7. The summed E-state index contributed by atoms with van der Waals surface area (Å²) in [5, 5.41) is 6.39. The van der Waals surface area contributed by atoms with Gasteiger partial charge in [0.2, 0.25) is 15.9 Å². The SMILES string of the molecule is O=C1NC2(CCN(S(=O)(=O)c3ccccc3F)CC2)NC1Cc1ccccc1. The first kappa shape index (κ1) is 19.0. The van der Waals surface area contributed by atoms with E-state index in [1.54, 1.807) is 0 Å². The van der Waals surface area contributed by atoms with Gasteiger partial charge >= 0.3 is 0 Å². The standard InChI is InChI=1S/C20H22FN3O3S/c21-16-8-4-5-9-18(16)28(26,27)24-12-10-20(11-13-24)22-17(19(25)23-20)14-15-6-2-1-3-7-15/h1-9,17,22H,10-14H2,(H,23,25). The van der Waals surface area contributed by atoms with Crippen molar-refractivity contribution in [1.82, 2.24) is 14.9 Å². The number of benzene rings is 2. The summed E-state index contributed by atoms with van der Waals surface area (Å²) in [6, 6.07) is 14.8. The first-order chi connectivity index (χ1) is 13.4. The summed E-state index contributed by atoms with van der Waals surface area (Å²) in [6.45, 7) is 0.421. The fourth-order valence-electron chi connectivity index (χ4n) is 3.92. The molecule has 4 rings (SSSR count). The zero-order chi connectivity index (χ0) is 19.8. The molecule has 0 bridgehead atoms. The van der Waals surface area contributed by atoms with Crippen molar-refractivity contribution in [3.8, 4) is 0 Å². The number of sulfonamides is 1. The second-order valence-corrected chi connectivity index (χ2v) is 9.20. The van der Waals surface area contributed by atoms with E-state index in [0.29, 0.717) is 19.3 Å². The number of carbonyl (C=O) groups excluding carboxylic acids is 1. The lowest BCUT2D eigenvalue weighted by molar-refractivity contribution is -0.121. The molecule has 0 aliphatic carbocycles. The number of rotatable bonds is 4. The molecular formula is C20H22FN3O3S. The van der Waals surface area contributed by atoms with Crippen LogP contribution in [-0.2, 0) is 21.2 Å². The lowest BCUT2D eigenvalue weighted by Crippen LogP contribution is -2.58. The van der Waals surface area contributed by atoms with Crippen molar-refractivity contribution in [2.24, 2.45) is 0 Å². The van der Waals surface area contributed by atoms with Gasteiger partial charge in [-0.3, -0.25) is 10.1 Å². The van der Waals surface area contributed by atoms with Crippen molar-refractivity contribution < 1.29 is 17.6 Å². The molecule has 148 valence electrons. The van der Waals surface area contributed by atoms with E-state index in [1.165, 1.54) is 22.5 Å². The Hall–Kier alpha value is -2.29. The third-order valence-corrected chi connectivity index (χ3v) is 7.37. The van der Waals surface area contributed by atoms with Crippen molar-refractivity contribution >= 4 is 15.9 Å². The van der Waals surface area contributed by atoms with Gasteiger partial charge in [0.05, 0.1) is 11.7 Å². The molecule has 1 atom stereocenters. The molecule has 8 heteroatoms. The van der Waals surface area contributed by atoms with Gasteiger partial charge in [0.15, 0.2) is 0 Å². The molecule has 1 spiro atoms. The van der Waals surface area contributed by atoms with E-state index in [9.17, 15) is 17.6 Å². The van der Waals surface area contributed by atoms with Crippen LogP contribution in [-0.4, -0.2) is 43.4 Å². The summed E-state index contributed by atoms with van der Waals surface area (Å²) >= 11 is 0. The van der Waals surface area contributed by atoms with Crippen LogP contribution in [0.4, 0.5) is 4.39 Å². The van der Waals surface area contributed by atoms with Gasteiger partial charge in [0.1, 0.15) is 10.7 Å². The van der Waals surface area contributed by atoms with Crippen LogP contribution < -0.4 is 10.6 Å². The Morgan fingerprint density at radius 2 is 1.68 bits per heavy atom. The van der Waals surface area contributed by atoms with Gasteiger partial charge in [0.25, 0.3) is 0 Å². The maximum absolute atomic E-state index is 14.0. The Kier molecular flexibility index (Phi) is 4.95. The van der Waals surface area contributed by atoms with Gasteiger partial charge in [0, 0.05) is 13.1 Å². The van der Waals surface area contributed by atoms with E-state index in [0.717, 1.165) is 11.6 Å². The number of nitrogens with one attached hydrogen (secondary N) is 2. The lowest BCUT2D eigenvalue weighted by atomic mass is 9.99. The highest BCUT2D eigenvalue weighted by Gasteiger charge is 2.46. The number of piperidine rings is 1. The number of nitrogens with zero attached hydrogens (tertiary/aromatic N) is 1. The van der Waals surface area contributed by atoms with Gasteiger partial charge < -0.3 is 5.32 Å². The third kappa shape index (κ3) is 3.55. The van der Waals surface area contributed by atoms with Gasteiger partial charge in [-0.15, -0.1) is 0 Å². The number of amides is 1. The maximum atomic E-state index is 14.0. The van der Waals surface area contributed by atoms with E-state index in [2.05, 4.69) is 10.6 Å². The fraction of sp³-hybridized carbons (Fsp3) is 0.350. The van der Waals surface area contributed by atoms with Crippen molar-refractivity contribution in [3.05, 3.63) is 66.0 Å². The summed E-state index contributed by atoms with van der Waals surface area (Å²) in [7, 11) is -3.90.